The Kier molecular flexibility index (Phi) is 6.48. The van der Waals surface area contributed by atoms with Gasteiger partial charge in [-0.1, -0.05) is 6.42 Å². The molecule has 1 fully saturated rings. The summed E-state index contributed by atoms with van der Waals surface area (Å²) in [5.41, 5.74) is 2.90. The fourth-order valence-electron chi connectivity index (χ4n) is 2.47. The van der Waals surface area contributed by atoms with Gasteiger partial charge in [0.2, 0.25) is 0 Å². The first-order valence-electron chi connectivity index (χ1n) is 7.60. The molecule has 0 bridgehead atoms. The highest BCUT2D eigenvalue weighted by Gasteiger charge is 2.12. The van der Waals surface area contributed by atoms with Crippen LogP contribution >= 0.6 is 0 Å². The van der Waals surface area contributed by atoms with Gasteiger partial charge in [-0.25, -0.2) is 5.48 Å². The zero-order valence-corrected chi connectivity index (χ0v) is 13.3. The zero-order chi connectivity index (χ0) is 15.8. The van der Waals surface area contributed by atoms with E-state index in [-0.39, 0.29) is 5.91 Å². The van der Waals surface area contributed by atoms with Crippen LogP contribution in [0.4, 0.5) is 0 Å². The molecule has 1 aliphatic rings. The highest BCUT2D eigenvalue weighted by atomic mass is 16.7. The number of nitrogens with one attached hydrogen (secondary N) is 1. The molecule has 1 N–H and O–H groups in total. The molecule has 1 heterocycles. The molecule has 0 saturated carbocycles. The van der Waals surface area contributed by atoms with E-state index >= 15 is 0 Å². The molecular weight excluding hydrogens is 284 g/mol. The number of benzene rings is 1. The van der Waals surface area contributed by atoms with Crippen LogP contribution in [0.5, 0.6) is 11.5 Å². The normalized spacial score (nSPS) is 15.4. The molecule has 1 saturated heterocycles. The average Bonchev–Trinajstić information content (AvgIpc) is 2.58. The van der Waals surface area contributed by atoms with Gasteiger partial charge in [-0.3, -0.25) is 9.63 Å². The summed E-state index contributed by atoms with van der Waals surface area (Å²) in [5.74, 6) is 0.825. The maximum atomic E-state index is 12.1. The summed E-state index contributed by atoms with van der Waals surface area (Å²) in [6, 6.07) is 5.01. The number of carbonyl (C=O) groups is 1. The molecule has 0 radical (unpaired) electrons. The largest absolute Gasteiger partial charge is 0.497 e. The van der Waals surface area contributed by atoms with Gasteiger partial charge in [0.15, 0.2) is 0 Å². The van der Waals surface area contributed by atoms with Crippen LogP contribution in [0, 0.1) is 0 Å². The SMILES string of the molecule is COc1cc(OC)cc(C(=O)NOCCN2CCCCC2)c1. The van der Waals surface area contributed by atoms with E-state index in [1.54, 1.807) is 32.4 Å². The molecule has 0 unspecified atom stereocenters. The van der Waals surface area contributed by atoms with Crippen molar-refractivity contribution in [3.63, 3.8) is 0 Å². The van der Waals surface area contributed by atoms with Gasteiger partial charge < -0.3 is 14.4 Å². The fourth-order valence-corrected chi connectivity index (χ4v) is 2.47. The second-order valence-electron chi connectivity index (χ2n) is 5.28. The maximum Gasteiger partial charge on any atom is 0.275 e. The minimum Gasteiger partial charge on any atom is -0.497 e. The van der Waals surface area contributed by atoms with Gasteiger partial charge in [0.25, 0.3) is 5.91 Å². The number of hydroxylamine groups is 1. The van der Waals surface area contributed by atoms with Crippen LogP contribution in [-0.4, -0.2) is 51.3 Å². The molecule has 22 heavy (non-hydrogen) atoms. The lowest BCUT2D eigenvalue weighted by molar-refractivity contribution is 0.0206. The fraction of sp³-hybridized carbons (Fsp3) is 0.562. The Bertz CT molecular complexity index is 465. The van der Waals surface area contributed by atoms with Gasteiger partial charge in [-0.15, -0.1) is 0 Å². The Morgan fingerprint density at radius 3 is 2.32 bits per heavy atom. The standard InChI is InChI=1S/C16H24N2O4/c1-20-14-10-13(11-15(12-14)21-2)16(19)17-22-9-8-18-6-4-3-5-7-18/h10-12H,3-9H2,1-2H3,(H,17,19). The van der Waals surface area contributed by atoms with Gasteiger partial charge in [-0.05, 0) is 38.1 Å². The van der Waals surface area contributed by atoms with Crippen molar-refractivity contribution in [3.05, 3.63) is 23.8 Å². The topological polar surface area (TPSA) is 60.0 Å². The number of nitrogens with zero attached hydrogens (tertiary/aromatic N) is 1. The number of carbonyl (C=O) groups excluding carboxylic acids is 1. The molecule has 6 heteroatoms. The van der Waals surface area contributed by atoms with Crippen LogP contribution in [0.1, 0.15) is 29.6 Å². The van der Waals surface area contributed by atoms with Crippen molar-refractivity contribution in [2.75, 3.05) is 40.5 Å². The minimum absolute atomic E-state index is 0.309. The molecular formula is C16H24N2O4. The molecule has 0 spiro atoms. The smallest absolute Gasteiger partial charge is 0.275 e. The van der Waals surface area contributed by atoms with E-state index in [1.807, 2.05) is 0 Å². The number of rotatable bonds is 7. The first-order chi connectivity index (χ1) is 10.7. The second kappa shape index (κ2) is 8.60. The molecule has 1 aliphatic heterocycles. The van der Waals surface area contributed by atoms with Gasteiger partial charge >= 0.3 is 0 Å². The van der Waals surface area contributed by atoms with Gasteiger partial charge in [0, 0.05) is 18.2 Å². The Labute approximate surface area is 131 Å². The number of methoxy groups -OCH3 is 2. The second-order valence-corrected chi connectivity index (χ2v) is 5.28. The van der Waals surface area contributed by atoms with E-state index in [1.165, 1.54) is 19.3 Å². The van der Waals surface area contributed by atoms with Crippen LogP contribution in [0.2, 0.25) is 0 Å². The summed E-state index contributed by atoms with van der Waals surface area (Å²) in [6.45, 7) is 3.54. The Balaban J connectivity index is 1.79. The first-order valence-corrected chi connectivity index (χ1v) is 7.60. The van der Waals surface area contributed by atoms with Gasteiger partial charge in [-0.2, -0.15) is 0 Å². The molecule has 1 aromatic rings. The summed E-state index contributed by atoms with van der Waals surface area (Å²) < 4.78 is 10.3. The molecule has 2 rings (SSSR count). The van der Waals surface area contributed by atoms with Gasteiger partial charge in [0.1, 0.15) is 11.5 Å². The molecule has 0 atom stereocenters. The third kappa shape index (κ3) is 4.89. The molecule has 1 aromatic carbocycles. The summed E-state index contributed by atoms with van der Waals surface area (Å²) >= 11 is 0. The Hall–Kier alpha value is -1.79. The number of likely N-dealkylation sites (tertiary alicyclic amines) is 1. The quantitative estimate of drug-likeness (QED) is 0.615. The third-order valence-electron chi connectivity index (χ3n) is 3.74. The highest BCUT2D eigenvalue weighted by molar-refractivity contribution is 5.94. The van der Waals surface area contributed by atoms with Crippen LogP contribution < -0.4 is 15.0 Å². The lowest BCUT2D eigenvalue weighted by Gasteiger charge is -2.25. The Morgan fingerprint density at radius 1 is 1.09 bits per heavy atom. The van der Waals surface area contributed by atoms with Crippen LogP contribution in [0.25, 0.3) is 0 Å². The van der Waals surface area contributed by atoms with Crippen molar-refractivity contribution in [1.82, 2.24) is 10.4 Å². The predicted octanol–water partition coefficient (Wildman–Crippen LogP) is 1.85. The number of hydrogen-bond acceptors (Lipinski definition) is 5. The number of ether oxygens (including phenoxy) is 2. The Morgan fingerprint density at radius 2 is 1.73 bits per heavy atom. The monoisotopic (exact) mass is 308 g/mol. The molecule has 122 valence electrons. The van der Waals surface area contributed by atoms with Crippen LogP contribution in [-0.2, 0) is 4.84 Å². The van der Waals surface area contributed by atoms with Gasteiger partial charge in [0.05, 0.1) is 20.8 Å². The number of hydrogen-bond donors (Lipinski definition) is 1. The van der Waals surface area contributed by atoms with E-state index in [4.69, 9.17) is 14.3 Å². The summed E-state index contributed by atoms with van der Waals surface area (Å²) in [4.78, 5) is 19.7. The van der Waals surface area contributed by atoms with Crippen molar-refractivity contribution in [3.8, 4) is 11.5 Å². The van der Waals surface area contributed by atoms with E-state index in [9.17, 15) is 4.79 Å². The molecule has 6 nitrogen and oxygen atoms in total. The summed E-state index contributed by atoms with van der Waals surface area (Å²) in [6.07, 6.45) is 3.80. The highest BCUT2D eigenvalue weighted by Crippen LogP contribution is 2.22. The van der Waals surface area contributed by atoms with Crippen molar-refractivity contribution < 1.29 is 19.1 Å². The van der Waals surface area contributed by atoms with Crippen LogP contribution in [0.15, 0.2) is 18.2 Å². The van der Waals surface area contributed by atoms with E-state index in [0.717, 1.165) is 19.6 Å². The number of piperidine rings is 1. The minimum atomic E-state index is -0.309. The summed E-state index contributed by atoms with van der Waals surface area (Å²) in [7, 11) is 3.09. The molecule has 0 aliphatic carbocycles. The van der Waals surface area contributed by atoms with Crippen molar-refractivity contribution in [2.24, 2.45) is 0 Å². The zero-order valence-electron chi connectivity index (χ0n) is 13.3. The number of amides is 1. The van der Waals surface area contributed by atoms with Crippen molar-refractivity contribution in [1.29, 1.82) is 0 Å². The van der Waals surface area contributed by atoms with Crippen LogP contribution in [0.3, 0.4) is 0 Å². The van der Waals surface area contributed by atoms with E-state index in [2.05, 4.69) is 10.4 Å². The average molecular weight is 308 g/mol. The van der Waals surface area contributed by atoms with E-state index in [0.29, 0.717) is 23.7 Å². The lowest BCUT2D eigenvalue weighted by Crippen LogP contribution is -2.35. The molecule has 0 aromatic heterocycles. The predicted molar refractivity (Wildman–Crippen MR) is 83.3 cm³/mol. The first kappa shape index (κ1) is 16.6. The lowest BCUT2D eigenvalue weighted by atomic mass is 10.1. The molecule has 1 amide bonds. The summed E-state index contributed by atoms with van der Waals surface area (Å²) in [5, 5.41) is 0. The third-order valence-corrected chi connectivity index (χ3v) is 3.74. The van der Waals surface area contributed by atoms with Crippen molar-refractivity contribution >= 4 is 5.91 Å². The van der Waals surface area contributed by atoms with E-state index < -0.39 is 0 Å². The maximum absolute atomic E-state index is 12.1. The van der Waals surface area contributed by atoms with Crippen molar-refractivity contribution in [2.45, 2.75) is 19.3 Å².